The van der Waals surface area contributed by atoms with Crippen LogP contribution in [0.1, 0.15) is 102 Å². The van der Waals surface area contributed by atoms with Crippen molar-refractivity contribution in [2.24, 2.45) is 5.92 Å². The Hall–Kier alpha value is -1.81. The largest absolute Gasteiger partial charge is 0.457 e. The molecule has 9 nitrogen and oxygen atoms in total. The lowest BCUT2D eigenvalue weighted by atomic mass is 9.68. The van der Waals surface area contributed by atoms with Crippen LogP contribution in [0, 0.1) is 5.92 Å². The zero-order chi connectivity index (χ0) is 27.7. The Morgan fingerprint density at radius 2 is 1.53 bits per heavy atom. The van der Waals surface area contributed by atoms with E-state index in [4.69, 9.17) is 14.0 Å². The van der Waals surface area contributed by atoms with Crippen LogP contribution in [0.3, 0.4) is 0 Å². The monoisotopic (exact) mass is 509 g/mol. The van der Waals surface area contributed by atoms with E-state index in [1.54, 1.807) is 20.8 Å². The van der Waals surface area contributed by atoms with Gasteiger partial charge in [-0.25, -0.2) is 4.79 Å². The van der Waals surface area contributed by atoms with Gasteiger partial charge in [-0.1, -0.05) is 6.42 Å². The van der Waals surface area contributed by atoms with Gasteiger partial charge in [0.1, 0.15) is 11.1 Å². The first-order valence-electron chi connectivity index (χ1n) is 13.1. The van der Waals surface area contributed by atoms with Gasteiger partial charge in [0, 0.05) is 18.5 Å². The van der Waals surface area contributed by atoms with Crippen molar-refractivity contribution in [1.82, 2.24) is 16.0 Å². The van der Waals surface area contributed by atoms with Crippen LogP contribution in [-0.2, 0) is 23.6 Å². The fourth-order valence-corrected chi connectivity index (χ4v) is 4.97. The molecule has 0 aromatic rings. The Morgan fingerprint density at radius 1 is 0.972 bits per heavy atom. The zero-order valence-electron chi connectivity index (χ0n) is 24.2. The smallest absolute Gasteiger partial charge is 0.444 e. The number of amides is 3. The summed E-state index contributed by atoms with van der Waals surface area (Å²) in [6, 6.07) is -0.352. The van der Waals surface area contributed by atoms with E-state index < -0.39 is 34.0 Å². The van der Waals surface area contributed by atoms with E-state index in [1.165, 1.54) is 6.92 Å². The third-order valence-corrected chi connectivity index (χ3v) is 7.02. The first-order valence-corrected chi connectivity index (χ1v) is 13.1. The molecule has 3 N–H and O–H groups in total. The highest BCUT2D eigenvalue weighted by atomic mass is 16.7. The Bertz CT molecular complexity index is 817. The van der Waals surface area contributed by atoms with Gasteiger partial charge < -0.3 is 30.0 Å². The molecule has 0 radical (unpaired) electrons. The Kier molecular flexibility index (Phi) is 8.89. The third kappa shape index (κ3) is 8.37. The molecule has 206 valence electrons. The molecule has 1 saturated heterocycles. The maximum absolute atomic E-state index is 13.6. The van der Waals surface area contributed by atoms with E-state index in [0.29, 0.717) is 25.6 Å². The molecule has 1 aliphatic carbocycles. The lowest BCUT2D eigenvalue weighted by molar-refractivity contribution is -0.136. The summed E-state index contributed by atoms with van der Waals surface area (Å²) < 4.78 is 17.8. The van der Waals surface area contributed by atoms with Gasteiger partial charge in [0.15, 0.2) is 0 Å². The van der Waals surface area contributed by atoms with Crippen LogP contribution in [0.25, 0.3) is 0 Å². The SMILES string of the molecule is CC(=O)NC1(C(=O)NC(C)(C)C)CC(CCB2OC(C)(C)C(C)(C)O2)CC(NC(=O)OC(C)(C)C)C1. The second-order valence-electron chi connectivity index (χ2n) is 13.6. The zero-order valence-corrected chi connectivity index (χ0v) is 24.2. The van der Waals surface area contributed by atoms with Crippen molar-refractivity contribution in [1.29, 1.82) is 0 Å². The number of alkyl carbamates (subject to hydrolysis) is 1. The van der Waals surface area contributed by atoms with Gasteiger partial charge in [0.2, 0.25) is 11.8 Å². The Balaban J connectivity index is 2.27. The summed E-state index contributed by atoms with van der Waals surface area (Å²) in [6.45, 7) is 20.6. The maximum atomic E-state index is 13.6. The van der Waals surface area contributed by atoms with E-state index in [2.05, 4.69) is 16.0 Å². The second kappa shape index (κ2) is 10.5. The summed E-state index contributed by atoms with van der Waals surface area (Å²) in [7, 11) is -0.354. The van der Waals surface area contributed by atoms with E-state index in [-0.39, 0.29) is 37.3 Å². The number of hydrogen-bond acceptors (Lipinski definition) is 6. The molecule has 0 aromatic heterocycles. The molecule has 1 saturated carbocycles. The van der Waals surface area contributed by atoms with Crippen molar-refractivity contribution in [2.75, 3.05) is 0 Å². The molecule has 2 fully saturated rings. The summed E-state index contributed by atoms with van der Waals surface area (Å²) in [4.78, 5) is 38.5. The topological polar surface area (TPSA) is 115 Å². The van der Waals surface area contributed by atoms with Crippen molar-refractivity contribution in [2.45, 2.75) is 142 Å². The number of nitrogens with one attached hydrogen (secondary N) is 3. The molecule has 1 heterocycles. The van der Waals surface area contributed by atoms with Crippen LogP contribution in [0.2, 0.25) is 6.32 Å². The van der Waals surface area contributed by atoms with Crippen LogP contribution in [0.5, 0.6) is 0 Å². The molecule has 3 atom stereocenters. The molecule has 0 bridgehead atoms. The minimum Gasteiger partial charge on any atom is -0.444 e. The average molecular weight is 509 g/mol. The highest BCUT2D eigenvalue weighted by Gasteiger charge is 2.52. The molecular formula is C26H48BN3O6. The summed E-state index contributed by atoms with van der Waals surface area (Å²) in [6.07, 6.45) is 2.22. The average Bonchev–Trinajstić information content (AvgIpc) is 2.82. The van der Waals surface area contributed by atoms with Crippen LogP contribution in [0.15, 0.2) is 0 Å². The Labute approximate surface area is 217 Å². The molecule has 3 amide bonds. The highest BCUT2D eigenvalue weighted by Crippen LogP contribution is 2.41. The van der Waals surface area contributed by atoms with Gasteiger partial charge in [-0.15, -0.1) is 0 Å². The number of carbonyl (C=O) groups excluding carboxylic acids is 3. The van der Waals surface area contributed by atoms with Gasteiger partial charge in [0.05, 0.1) is 11.2 Å². The van der Waals surface area contributed by atoms with E-state index in [1.807, 2.05) is 48.5 Å². The molecule has 0 aromatic carbocycles. The van der Waals surface area contributed by atoms with Crippen molar-refractivity contribution in [3.63, 3.8) is 0 Å². The van der Waals surface area contributed by atoms with Gasteiger partial charge in [-0.3, -0.25) is 9.59 Å². The minimum absolute atomic E-state index is 0.0373. The number of hydrogen-bond donors (Lipinski definition) is 3. The number of ether oxygens (including phenoxy) is 1. The first kappa shape index (κ1) is 30.4. The van der Waals surface area contributed by atoms with Crippen LogP contribution in [-0.4, -0.2) is 58.9 Å². The van der Waals surface area contributed by atoms with Gasteiger partial charge >= 0.3 is 13.2 Å². The standard InChI is InChI=1S/C26H48BN3O6/c1-17(31)29-26(20(32)30-22(2,3)4)15-18(12-13-27-35-24(8,9)25(10,11)36-27)14-19(16-26)28-21(33)34-23(5,6)7/h18-19H,12-16H2,1-11H3,(H,28,33)(H,29,31)(H,30,32). The molecule has 0 spiro atoms. The fraction of sp³-hybridized carbons (Fsp3) is 0.885. The van der Waals surface area contributed by atoms with Crippen LogP contribution < -0.4 is 16.0 Å². The first-order chi connectivity index (χ1) is 16.1. The van der Waals surface area contributed by atoms with Crippen molar-refractivity contribution < 1.29 is 28.4 Å². The number of carbonyl (C=O) groups is 3. The fourth-order valence-electron chi connectivity index (χ4n) is 4.97. The maximum Gasteiger partial charge on any atom is 0.457 e. The molecule has 2 aliphatic rings. The van der Waals surface area contributed by atoms with Crippen molar-refractivity contribution >= 4 is 25.0 Å². The molecular weight excluding hydrogens is 461 g/mol. The van der Waals surface area contributed by atoms with Gasteiger partial charge in [-0.05, 0) is 101 Å². The molecule has 1 aliphatic heterocycles. The lowest BCUT2D eigenvalue weighted by Crippen LogP contribution is -2.66. The molecule has 10 heteroatoms. The molecule has 36 heavy (non-hydrogen) atoms. The second-order valence-corrected chi connectivity index (χ2v) is 13.6. The van der Waals surface area contributed by atoms with Crippen molar-refractivity contribution in [3.8, 4) is 0 Å². The van der Waals surface area contributed by atoms with E-state index in [0.717, 1.165) is 0 Å². The predicted molar refractivity (Wildman–Crippen MR) is 140 cm³/mol. The van der Waals surface area contributed by atoms with E-state index >= 15 is 0 Å². The lowest BCUT2D eigenvalue weighted by Gasteiger charge is -2.45. The quantitative estimate of drug-likeness (QED) is 0.467. The normalized spacial score (nSPS) is 27.8. The third-order valence-electron chi connectivity index (χ3n) is 7.02. The Morgan fingerprint density at radius 3 is 2.00 bits per heavy atom. The highest BCUT2D eigenvalue weighted by molar-refractivity contribution is 6.45. The predicted octanol–water partition coefficient (Wildman–Crippen LogP) is 3.95. The van der Waals surface area contributed by atoms with E-state index in [9.17, 15) is 14.4 Å². The minimum atomic E-state index is -1.16. The molecule has 2 rings (SSSR count). The summed E-state index contributed by atoms with van der Waals surface area (Å²) in [5.41, 5.74) is -3.12. The summed E-state index contributed by atoms with van der Waals surface area (Å²) in [5.74, 6) is -0.501. The van der Waals surface area contributed by atoms with Crippen molar-refractivity contribution in [3.05, 3.63) is 0 Å². The number of rotatable bonds is 6. The summed E-state index contributed by atoms with van der Waals surface area (Å²) in [5, 5.41) is 8.94. The van der Waals surface area contributed by atoms with Gasteiger partial charge in [0.25, 0.3) is 0 Å². The van der Waals surface area contributed by atoms with Crippen LogP contribution >= 0.6 is 0 Å². The summed E-state index contributed by atoms with van der Waals surface area (Å²) >= 11 is 0. The molecule has 3 unspecified atom stereocenters. The van der Waals surface area contributed by atoms with Crippen LogP contribution in [0.4, 0.5) is 4.79 Å². The van der Waals surface area contributed by atoms with Gasteiger partial charge in [-0.2, -0.15) is 0 Å².